The lowest BCUT2D eigenvalue weighted by Crippen LogP contribution is -1.99. The van der Waals surface area contributed by atoms with E-state index in [1.807, 2.05) is 6.33 Å². The van der Waals surface area contributed by atoms with Crippen LogP contribution in [0.25, 0.3) is 11.2 Å². The van der Waals surface area contributed by atoms with Gasteiger partial charge >= 0.3 is 0 Å². The Bertz CT molecular complexity index is 817. The third-order valence-corrected chi connectivity index (χ3v) is 3.93. The van der Waals surface area contributed by atoms with Gasteiger partial charge in [0.1, 0.15) is 6.33 Å². The Morgan fingerprint density at radius 2 is 2.00 bits per heavy atom. The van der Waals surface area contributed by atoms with Gasteiger partial charge in [-0.2, -0.15) is 0 Å². The average Bonchev–Trinajstić information content (AvgIpc) is 3.22. The number of imidazole rings is 1. The Balaban J connectivity index is 1.76. The van der Waals surface area contributed by atoms with Crippen molar-refractivity contribution in [1.29, 1.82) is 0 Å². The molecule has 1 saturated carbocycles. The highest BCUT2D eigenvalue weighted by molar-refractivity contribution is 5.85. The van der Waals surface area contributed by atoms with Gasteiger partial charge in [0, 0.05) is 11.7 Å². The highest BCUT2D eigenvalue weighted by Crippen LogP contribution is 2.37. The van der Waals surface area contributed by atoms with E-state index in [1.165, 1.54) is 24.0 Å². The minimum atomic E-state index is 0.568. The van der Waals surface area contributed by atoms with Gasteiger partial charge in [-0.1, -0.05) is 17.7 Å². The topological polar surface area (TPSA) is 55.6 Å². The first kappa shape index (κ1) is 12.3. The fourth-order valence-electron chi connectivity index (χ4n) is 2.64. The van der Waals surface area contributed by atoms with E-state index in [4.69, 9.17) is 0 Å². The number of hydrogen-bond acceptors (Lipinski definition) is 4. The molecule has 1 aromatic carbocycles. The summed E-state index contributed by atoms with van der Waals surface area (Å²) in [5, 5.41) is 3.39. The number of nitrogens with one attached hydrogen (secondary N) is 1. The molecule has 5 heteroatoms. The largest absolute Gasteiger partial charge is 0.338 e. The Kier molecular flexibility index (Phi) is 2.67. The lowest BCUT2D eigenvalue weighted by molar-refractivity contribution is 0.756. The summed E-state index contributed by atoms with van der Waals surface area (Å²) in [5.74, 6) is 0.770. The molecule has 0 atom stereocenters. The second kappa shape index (κ2) is 4.55. The molecule has 0 spiro atoms. The molecule has 2 aromatic heterocycles. The van der Waals surface area contributed by atoms with Gasteiger partial charge in [-0.05, 0) is 38.3 Å². The van der Waals surface area contributed by atoms with E-state index in [1.54, 1.807) is 6.33 Å². The normalized spacial score (nSPS) is 14.6. The van der Waals surface area contributed by atoms with Crippen LogP contribution in [0.15, 0.2) is 30.9 Å². The van der Waals surface area contributed by atoms with Crippen molar-refractivity contribution in [3.63, 3.8) is 0 Å². The van der Waals surface area contributed by atoms with Gasteiger partial charge in [-0.3, -0.25) is 0 Å². The number of rotatable bonds is 3. The lowest BCUT2D eigenvalue weighted by atomic mass is 10.1. The van der Waals surface area contributed by atoms with Gasteiger partial charge in [0.05, 0.1) is 6.33 Å². The van der Waals surface area contributed by atoms with Crippen LogP contribution in [0.4, 0.5) is 11.5 Å². The van der Waals surface area contributed by atoms with E-state index >= 15 is 0 Å². The summed E-state index contributed by atoms with van der Waals surface area (Å²) in [6, 6.07) is 6.90. The quantitative estimate of drug-likeness (QED) is 0.797. The second-order valence-electron chi connectivity index (χ2n) is 5.72. The van der Waals surface area contributed by atoms with Crippen LogP contribution < -0.4 is 5.32 Å². The second-order valence-corrected chi connectivity index (χ2v) is 5.72. The molecule has 2 heterocycles. The van der Waals surface area contributed by atoms with Crippen molar-refractivity contribution in [2.75, 3.05) is 5.32 Å². The summed E-state index contributed by atoms with van der Waals surface area (Å²) in [6.07, 6.45) is 5.92. The van der Waals surface area contributed by atoms with Crippen molar-refractivity contribution in [2.45, 2.75) is 32.7 Å². The number of hydrogen-bond donors (Lipinski definition) is 1. The highest BCUT2D eigenvalue weighted by atomic mass is 15.2. The maximum atomic E-state index is 4.50. The zero-order chi connectivity index (χ0) is 14.4. The summed E-state index contributed by atoms with van der Waals surface area (Å²) >= 11 is 0. The monoisotopic (exact) mass is 279 g/mol. The van der Waals surface area contributed by atoms with Crippen molar-refractivity contribution in [3.8, 4) is 0 Å². The molecule has 1 aliphatic rings. The van der Waals surface area contributed by atoms with Crippen molar-refractivity contribution in [1.82, 2.24) is 19.5 Å². The molecular weight excluding hydrogens is 262 g/mol. The summed E-state index contributed by atoms with van der Waals surface area (Å²) in [4.78, 5) is 13.3. The van der Waals surface area contributed by atoms with E-state index in [0.717, 1.165) is 22.7 Å². The predicted molar refractivity (Wildman–Crippen MR) is 82.8 cm³/mol. The molecule has 0 aliphatic heterocycles. The van der Waals surface area contributed by atoms with Gasteiger partial charge in [-0.25, -0.2) is 15.0 Å². The minimum Gasteiger partial charge on any atom is -0.338 e. The third-order valence-electron chi connectivity index (χ3n) is 3.93. The fraction of sp³-hybridized carbons (Fsp3) is 0.312. The smallest absolute Gasteiger partial charge is 0.165 e. The molecule has 0 unspecified atom stereocenters. The number of fused-ring (bicyclic) bond motifs is 1. The molecule has 1 N–H and O–H groups in total. The molecule has 1 fully saturated rings. The van der Waals surface area contributed by atoms with Crippen LogP contribution in [0.1, 0.15) is 30.0 Å². The van der Waals surface area contributed by atoms with E-state index in [0.29, 0.717) is 6.04 Å². The maximum absolute atomic E-state index is 4.50. The van der Waals surface area contributed by atoms with Crippen LogP contribution >= 0.6 is 0 Å². The molecule has 0 saturated heterocycles. The molecule has 106 valence electrons. The molecule has 5 nitrogen and oxygen atoms in total. The molecule has 0 radical (unpaired) electrons. The summed E-state index contributed by atoms with van der Waals surface area (Å²) in [7, 11) is 0. The third kappa shape index (κ3) is 2.14. The van der Waals surface area contributed by atoms with Crippen molar-refractivity contribution >= 4 is 22.7 Å². The molecule has 0 bridgehead atoms. The van der Waals surface area contributed by atoms with Gasteiger partial charge in [0.25, 0.3) is 0 Å². The van der Waals surface area contributed by atoms with E-state index < -0.39 is 0 Å². The SMILES string of the molecule is Cc1ccc(Nc2ncnc3c2ncn3C2CC2)c(C)c1. The van der Waals surface area contributed by atoms with Gasteiger partial charge in [-0.15, -0.1) is 0 Å². The standard InChI is InChI=1S/C16H17N5/c1-10-3-6-13(11(2)7-10)20-15-14-16(18-8-17-15)21(9-19-14)12-4-5-12/h3,6-9,12H,4-5H2,1-2H3,(H,17,18,20). The number of aromatic nitrogens is 4. The molecule has 0 amide bonds. The lowest BCUT2D eigenvalue weighted by Gasteiger charge is -2.10. The Morgan fingerprint density at radius 3 is 2.76 bits per heavy atom. The van der Waals surface area contributed by atoms with E-state index in [2.05, 4.69) is 56.9 Å². The highest BCUT2D eigenvalue weighted by Gasteiger charge is 2.26. The first-order chi connectivity index (χ1) is 10.2. The Hall–Kier alpha value is -2.43. The molecule has 21 heavy (non-hydrogen) atoms. The van der Waals surface area contributed by atoms with Crippen molar-refractivity contribution < 1.29 is 0 Å². The van der Waals surface area contributed by atoms with Gasteiger partial charge in [0.2, 0.25) is 0 Å². The van der Waals surface area contributed by atoms with E-state index in [9.17, 15) is 0 Å². The minimum absolute atomic E-state index is 0.568. The number of anilines is 2. The Morgan fingerprint density at radius 1 is 1.14 bits per heavy atom. The van der Waals surface area contributed by atoms with Crippen LogP contribution in [-0.4, -0.2) is 19.5 Å². The van der Waals surface area contributed by atoms with Crippen LogP contribution in [-0.2, 0) is 0 Å². The van der Waals surface area contributed by atoms with Crippen LogP contribution in [0.5, 0.6) is 0 Å². The maximum Gasteiger partial charge on any atom is 0.165 e. The first-order valence-corrected chi connectivity index (χ1v) is 7.24. The zero-order valence-corrected chi connectivity index (χ0v) is 12.2. The molecule has 4 rings (SSSR count). The summed E-state index contributed by atoms with van der Waals surface area (Å²) in [5.41, 5.74) is 5.26. The average molecular weight is 279 g/mol. The van der Waals surface area contributed by atoms with Gasteiger partial charge < -0.3 is 9.88 Å². The predicted octanol–water partition coefficient (Wildman–Crippen LogP) is 3.52. The van der Waals surface area contributed by atoms with Crippen LogP contribution in [0.3, 0.4) is 0 Å². The zero-order valence-electron chi connectivity index (χ0n) is 12.2. The number of aryl methyl sites for hydroxylation is 2. The van der Waals surface area contributed by atoms with Crippen molar-refractivity contribution in [2.24, 2.45) is 0 Å². The number of nitrogens with zero attached hydrogens (tertiary/aromatic N) is 4. The first-order valence-electron chi connectivity index (χ1n) is 7.24. The van der Waals surface area contributed by atoms with Crippen LogP contribution in [0, 0.1) is 13.8 Å². The van der Waals surface area contributed by atoms with Crippen molar-refractivity contribution in [3.05, 3.63) is 42.0 Å². The number of benzene rings is 1. The summed E-state index contributed by atoms with van der Waals surface area (Å²) in [6.45, 7) is 4.19. The van der Waals surface area contributed by atoms with Gasteiger partial charge in [0.15, 0.2) is 17.0 Å². The molecular formula is C16H17N5. The van der Waals surface area contributed by atoms with Crippen LogP contribution in [0.2, 0.25) is 0 Å². The molecule has 1 aliphatic carbocycles. The van der Waals surface area contributed by atoms with E-state index in [-0.39, 0.29) is 0 Å². The fourth-order valence-corrected chi connectivity index (χ4v) is 2.64. The Labute approximate surface area is 123 Å². The molecule has 3 aromatic rings. The summed E-state index contributed by atoms with van der Waals surface area (Å²) < 4.78 is 2.16.